The summed E-state index contributed by atoms with van der Waals surface area (Å²) in [5.74, 6) is 0.337. The summed E-state index contributed by atoms with van der Waals surface area (Å²) in [6.07, 6.45) is 9.82. The molecule has 6 heteroatoms. The van der Waals surface area contributed by atoms with Crippen molar-refractivity contribution >= 4 is 17.8 Å². The van der Waals surface area contributed by atoms with E-state index in [-0.39, 0.29) is 34.6 Å². The SMILES string of the molecule is CC(C)(NC(=O)C1CC[C@H]2[C@@H]3CCC4NC(=O)C=C[C@]4(C)[C@@H]3CC[C@]12C)C(=O)O. The molecule has 3 fully saturated rings. The summed E-state index contributed by atoms with van der Waals surface area (Å²) in [5.41, 5.74) is -1.34. The first-order chi connectivity index (χ1) is 13.5. The second kappa shape index (κ2) is 6.58. The largest absolute Gasteiger partial charge is 0.480 e. The Morgan fingerprint density at radius 2 is 1.86 bits per heavy atom. The molecule has 1 heterocycles. The monoisotopic (exact) mass is 402 g/mol. The third kappa shape index (κ3) is 3.01. The first-order valence-corrected chi connectivity index (χ1v) is 11.0. The van der Waals surface area contributed by atoms with Gasteiger partial charge in [0.15, 0.2) is 0 Å². The van der Waals surface area contributed by atoms with Crippen molar-refractivity contribution in [1.82, 2.24) is 10.6 Å². The molecule has 1 aliphatic heterocycles. The lowest BCUT2D eigenvalue weighted by Gasteiger charge is -2.58. The number of aliphatic carboxylic acids is 1. The zero-order valence-corrected chi connectivity index (χ0v) is 18.0. The molecule has 0 aromatic heterocycles. The predicted octanol–water partition coefficient (Wildman–Crippen LogP) is 2.88. The minimum Gasteiger partial charge on any atom is -0.480 e. The van der Waals surface area contributed by atoms with Crippen LogP contribution < -0.4 is 10.6 Å². The van der Waals surface area contributed by atoms with Crippen molar-refractivity contribution < 1.29 is 19.5 Å². The van der Waals surface area contributed by atoms with E-state index >= 15 is 0 Å². The van der Waals surface area contributed by atoms with Crippen LogP contribution in [-0.2, 0) is 14.4 Å². The Kier molecular flexibility index (Phi) is 4.63. The molecule has 0 spiro atoms. The molecular weight excluding hydrogens is 368 g/mol. The number of carbonyl (C=O) groups excluding carboxylic acids is 2. The lowest BCUT2D eigenvalue weighted by Crippen LogP contribution is -2.60. The number of hydrogen-bond acceptors (Lipinski definition) is 3. The van der Waals surface area contributed by atoms with Crippen LogP contribution in [0, 0.1) is 34.5 Å². The van der Waals surface area contributed by atoms with Crippen LogP contribution in [0.2, 0.25) is 0 Å². The number of carboxylic acids is 1. The molecule has 3 N–H and O–H groups in total. The van der Waals surface area contributed by atoms with Crippen LogP contribution in [0.3, 0.4) is 0 Å². The number of amides is 2. The lowest BCUT2D eigenvalue weighted by atomic mass is 9.48. The third-order valence-corrected chi connectivity index (χ3v) is 8.97. The van der Waals surface area contributed by atoms with Gasteiger partial charge in [0.25, 0.3) is 0 Å². The quantitative estimate of drug-likeness (QED) is 0.676. The molecule has 2 unspecified atom stereocenters. The highest BCUT2D eigenvalue weighted by Crippen LogP contribution is 2.65. The van der Waals surface area contributed by atoms with Gasteiger partial charge in [-0.05, 0) is 81.6 Å². The van der Waals surface area contributed by atoms with Crippen LogP contribution in [0.1, 0.15) is 66.2 Å². The first kappa shape index (κ1) is 20.4. The summed E-state index contributed by atoms with van der Waals surface area (Å²) in [7, 11) is 0. The highest BCUT2D eigenvalue weighted by Gasteiger charge is 2.61. The van der Waals surface area contributed by atoms with Crippen molar-refractivity contribution in [3.05, 3.63) is 12.2 Å². The molecule has 0 bridgehead atoms. The van der Waals surface area contributed by atoms with Crippen molar-refractivity contribution in [2.45, 2.75) is 77.8 Å². The molecule has 160 valence electrons. The number of carboxylic acid groups (broad SMARTS) is 1. The Balaban J connectivity index is 1.56. The normalized spacial score (nSPS) is 43.6. The Morgan fingerprint density at radius 1 is 1.14 bits per heavy atom. The van der Waals surface area contributed by atoms with E-state index in [1.807, 2.05) is 0 Å². The van der Waals surface area contributed by atoms with Crippen molar-refractivity contribution in [2.75, 3.05) is 0 Å². The summed E-state index contributed by atoms with van der Waals surface area (Å²) >= 11 is 0. The Morgan fingerprint density at radius 3 is 2.55 bits per heavy atom. The summed E-state index contributed by atoms with van der Waals surface area (Å²) in [4.78, 5) is 36.4. The maximum Gasteiger partial charge on any atom is 0.328 e. The zero-order chi connectivity index (χ0) is 21.2. The van der Waals surface area contributed by atoms with Crippen molar-refractivity contribution in [1.29, 1.82) is 0 Å². The van der Waals surface area contributed by atoms with Gasteiger partial charge in [0.1, 0.15) is 5.54 Å². The molecule has 0 aromatic rings. The van der Waals surface area contributed by atoms with Crippen LogP contribution in [0.4, 0.5) is 0 Å². The molecule has 29 heavy (non-hydrogen) atoms. The number of carbonyl (C=O) groups is 3. The van der Waals surface area contributed by atoms with Crippen LogP contribution in [-0.4, -0.2) is 34.5 Å². The summed E-state index contributed by atoms with van der Waals surface area (Å²) in [6.45, 7) is 7.64. The molecule has 4 rings (SSSR count). The van der Waals surface area contributed by atoms with Crippen LogP contribution in [0.5, 0.6) is 0 Å². The number of rotatable bonds is 3. The second-order valence-electron chi connectivity index (χ2n) is 10.8. The smallest absolute Gasteiger partial charge is 0.328 e. The minimum atomic E-state index is -1.25. The molecule has 0 aromatic carbocycles. The van der Waals surface area contributed by atoms with Crippen LogP contribution in [0.15, 0.2) is 12.2 Å². The Labute approximate surface area is 172 Å². The van der Waals surface area contributed by atoms with E-state index < -0.39 is 11.5 Å². The number of nitrogens with one attached hydrogen (secondary N) is 2. The summed E-state index contributed by atoms with van der Waals surface area (Å²) in [5, 5.41) is 15.4. The van der Waals surface area contributed by atoms with Crippen molar-refractivity contribution in [3.63, 3.8) is 0 Å². The topological polar surface area (TPSA) is 95.5 Å². The molecule has 3 saturated carbocycles. The summed E-state index contributed by atoms with van der Waals surface area (Å²) < 4.78 is 0. The van der Waals surface area contributed by atoms with Gasteiger partial charge in [-0.2, -0.15) is 0 Å². The van der Waals surface area contributed by atoms with E-state index in [0.717, 1.165) is 38.5 Å². The van der Waals surface area contributed by atoms with Gasteiger partial charge in [0, 0.05) is 17.4 Å². The van der Waals surface area contributed by atoms with E-state index in [1.165, 1.54) is 0 Å². The fourth-order valence-corrected chi connectivity index (χ4v) is 7.21. The van der Waals surface area contributed by atoms with Gasteiger partial charge in [0.05, 0.1) is 0 Å². The molecule has 6 nitrogen and oxygen atoms in total. The average Bonchev–Trinajstić information content (AvgIpc) is 2.99. The lowest BCUT2D eigenvalue weighted by molar-refractivity contribution is -0.148. The Hall–Kier alpha value is -1.85. The third-order valence-electron chi connectivity index (χ3n) is 8.97. The molecule has 0 saturated heterocycles. The zero-order valence-electron chi connectivity index (χ0n) is 18.0. The maximum absolute atomic E-state index is 13.1. The van der Waals surface area contributed by atoms with E-state index in [4.69, 9.17) is 0 Å². The van der Waals surface area contributed by atoms with E-state index in [0.29, 0.717) is 17.8 Å². The van der Waals surface area contributed by atoms with Crippen LogP contribution in [0.25, 0.3) is 0 Å². The number of hydrogen-bond donors (Lipinski definition) is 3. The maximum atomic E-state index is 13.1. The minimum absolute atomic E-state index is 0.0101. The van der Waals surface area contributed by atoms with Gasteiger partial charge in [-0.15, -0.1) is 0 Å². The van der Waals surface area contributed by atoms with E-state index in [9.17, 15) is 19.5 Å². The molecule has 2 amide bonds. The van der Waals surface area contributed by atoms with Gasteiger partial charge >= 0.3 is 5.97 Å². The predicted molar refractivity (Wildman–Crippen MR) is 109 cm³/mol. The van der Waals surface area contributed by atoms with E-state index in [2.05, 4.69) is 30.6 Å². The molecule has 7 atom stereocenters. The van der Waals surface area contributed by atoms with Crippen molar-refractivity contribution in [2.24, 2.45) is 34.5 Å². The van der Waals surface area contributed by atoms with Gasteiger partial charge in [0.2, 0.25) is 11.8 Å². The highest BCUT2D eigenvalue weighted by molar-refractivity contribution is 5.89. The molecule has 0 radical (unpaired) electrons. The summed E-state index contributed by atoms with van der Waals surface area (Å²) in [6, 6.07) is 0.211. The number of fused-ring (bicyclic) bond motifs is 5. The molecular formula is C23H34N2O4. The fraction of sp³-hybridized carbons (Fsp3) is 0.783. The average molecular weight is 403 g/mol. The van der Waals surface area contributed by atoms with Gasteiger partial charge in [-0.1, -0.05) is 19.9 Å². The molecule has 3 aliphatic carbocycles. The van der Waals surface area contributed by atoms with Crippen molar-refractivity contribution in [3.8, 4) is 0 Å². The van der Waals surface area contributed by atoms with Crippen LogP contribution >= 0.6 is 0 Å². The van der Waals surface area contributed by atoms with Gasteiger partial charge < -0.3 is 15.7 Å². The van der Waals surface area contributed by atoms with Gasteiger partial charge in [-0.25, -0.2) is 4.79 Å². The first-order valence-electron chi connectivity index (χ1n) is 11.0. The highest BCUT2D eigenvalue weighted by atomic mass is 16.4. The second-order valence-corrected chi connectivity index (χ2v) is 10.8. The standard InChI is InChI=1S/C23H34N2O4/c1-21(2,20(28)29)25-19(27)16-7-6-14-13-5-8-17-23(4,12-10-18(26)24-17)15(13)9-11-22(14,16)3/h10,12-17H,5-9,11H2,1-4H3,(H,24,26)(H,25,27)(H,28,29)/t13-,14-,15+,16?,17?,22-,23+/m0/s1. The fourth-order valence-electron chi connectivity index (χ4n) is 7.21. The van der Waals surface area contributed by atoms with Gasteiger partial charge in [-0.3, -0.25) is 9.59 Å². The molecule has 4 aliphatic rings. The van der Waals surface area contributed by atoms with E-state index in [1.54, 1.807) is 19.9 Å². The Bertz CT molecular complexity index is 775.